The Morgan fingerprint density at radius 3 is 2.88 bits per heavy atom. The average Bonchev–Trinajstić information content (AvgIpc) is 2.36. The van der Waals surface area contributed by atoms with Gasteiger partial charge in [0.25, 0.3) is 0 Å². The molecule has 1 aromatic heterocycles. The lowest BCUT2D eigenvalue weighted by molar-refractivity contribution is 0.0936. The summed E-state index contributed by atoms with van der Waals surface area (Å²) in [6.45, 7) is 2.20. The van der Waals surface area contributed by atoms with Crippen molar-refractivity contribution < 1.29 is 4.79 Å². The average molecular weight is 214 g/mol. The van der Waals surface area contributed by atoms with Crippen LogP contribution < -0.4 is 5.73 Å². The first-order valence-corrected chi connectivity index (χ1v) is 5.32. The Morgan fingerprint density at radius 2 is 2.12 bits per heavy atom. The minimum absolute atomic E-state index is 0.0619. The molecule has 0 aliphatic rings. The molecule has 0 saturated heterocycles. The third-order valence-electron chi connectivity index (χ3n) is 2.70. The van der Waals surface area contributed by atoms with Crippen molar-refractivity contribution in [2.75, 3.05) is 6.54 Å². The molecule has 2 aromatic rings. The quantitative estimate of drug-likeness (QED) is 0.795. The fraction of sp³-hybridized carbons (Fsp3) is 0.231. The van der Waals surface area contributed by atoms with Gasteiger partial charge in [0.15, 0.2) is 5.78 Å². The number of carbonyl (C=O) groups is 1. The van der Waals surface area contributed by atoms with E-state index in [1.165, 1.54) is 0 Å². The van der Waals surface area contributed by atoms with Crippen molar-refractivity contribution in [3.63, 3.8) is 0 Å². The first kappa shape index (κ1) is 10.8. The first-order valence-electron chi connectivity index (χ1n) is 5.32. The molecule has 0 fully saturated rings. The zero-order valence-corrected chi connectivity index (χ0v) is 9.18. The number of pyridine rings is 1. The molecule has 2 N–H and O–H groups in total. The standard InChI is InChI=1S/C13H14N2O/c1-9(8-14)13(16)11-6-2-4-10-5-3-7-15-12(10)11/h2-7,9H,8,14H2,1H3. The Bertz CT molecular complexity index is 517. The smallest absolute Gasteiger partial charge is 0.169 e. The zero-order chi connectivity index (χ0) is 11.5. The Hall–Kier alpha value is -1.74. The molecule has 2 rings (SSSR count). The highest BCUT2D eigenvalue weighted by Gasteiger charge is 2.16. The van der Waals surface area contributed by atoms with Gasteiger partial charge in [-0.3, -0.25) is 9.78 Å². The van der Waals surface area contributed by atoms with Crippen LogP contribution in [0.5, 0.6) is 0 Å². The predicted octanol–water partition coefficient (Wildman–Crippen LogP) is 2.01. The summed E-state index contributed by atoms with van der Waals surface area (Å²) in [6.07, 6.45) is 1.70. The number of para-hydroxylation sites is 1. The molecule has 0 aliphatic carbocycles. The van der Waals surface area contributed by atoms with Gasteiger partial charge in [0, 0.05) is 29.6 Å². The molecule has 1 heterocycles. The molecule has 0 amide bonds. The van der Waals surface area contributed by atoms with Crippen molar-refractivity contribution in [1.82, 2.24) is 4.98 Å². The van der Waals surface area contributed by atoms with Crippen molar-refractivity contribution in [1.29, 1.82) is 0 Å². The van der Waals surface area contributed by atoms with Crippen molar-refractivity contribution in [2.45, 2.75) is 6.92 Å². The number of hydrogen-bond donors (Lipinski definition) is 1. The maximum atomic E-state index is 12.1. The number of hydrogen-bond acceptors (Lipinski definition) is 3. The van der Waals surface area contributed by atoms with E-state index in [2.05, 4.69) is 4.98 Å². The predicted molar refractivity (Wildman–Crippen MR) is 64.3 cm³/mol. The molecule has 1 aromatic carbocycles. The van der Waals surface area contributed by atoms with Crippen molar-refractivity contribution in [2.24, 2.45) is 11.7 Å². The second-order valence-corrected chi connectivity index (χ2v) is 3.88. The van der Waals surface area contributed by atoms with Crippen LogP contribution in [0.4, 0.5) is 0 Å². The number of rotatable bonds is 3. The van der Waals surface area contributed by atoms with Crippen LogP contribution in [0.3, 0.4) is 0 Å². The fourth-order valence-corrected chi connectivity index (χ4v) is 1.68. The first-order chi connectivity index (χ1) is 7.74. The maximum Gasteiger partial charge on any atom is 0.169 e. The van der Waals surface area contributed by atoms with E-state index in [0.717, 1.165) is 10.9 Å². The lowest BCUT2D eigenvalue weighted by Crippen LogP contribution is -2.21. The highest BCUT2D eigenvalue weighted by atomic mass is 16.1. The van der Waals surface area contributed by atoms with Gasteiger partial charge >= 0.3 is 0 Å². The molecule has 1 atom stereocenters. The van der Waals surface area contributed by atoms with Crippen molar-refractivity contribution in [3.8, 4) is 0 Å². The number of aromatic nitrogens is 1. The van der Waals surface area contributed by atoms with Crippen LogP contribution in [-0.4, -0.2) is 17.3 Å². The maximum absolute atomic E-state index is 12.1. The summed E-state index contributed by atoms with van der Waals surface area (Å²) in [4.78, 5) is 16.3. The number of fused-ring (bicyclic) bond motifs is 1. The second kappa shape index (κ2) is 4.41. The molecule has 3 nitrogen and oxygen atoms in total. The normalized spacial score (nSPS) is 12.6. The third-order valence-corrected chi connectivity index (χ3v) is 2.70. The third kappa shape index (κ3) is 1.82. The van der Waals surface area contributed by atoms with E-state index in [1.54, 1.807) is 6.20 Å². The number of carbonyl (C=O) groups excluding carboxylic acids is 1. The van der Waals surface area contributed by atoms with E-state index in [-0.39, 0.29) is 11.7 Å². The Kier molecular flexibility index (Phi) is 2.97. The highest BCUT2D eigenvalue weighted by Crippen LogP contribution is 2.18. The molecular weight excluding hydrogens is 200 g/mol. The number of benzene rings is 1. The zero-order valence-electron chi connectivity index (χ0n) is 9.18. The molecule has 0 aliphatic heterocycles. The second-order valence-electron chi connectivity index (χ2n) is 3.88. The van der Waals surface area contributed by atoms with Gasteiger partial charge in [0.2, 0.25) is 0 Å². The van der Waals surface area contributed by atoms with Crippen molar-refractivity contribution in [3.05, 3.63) is 42.1 Å². The molecule has 16 heavy (non-hydrogen) atoms. The van der Waals surface area contributed by atoms with Gasteiger partial charge in [0.05, 0.1) is 5.52 Å². The lowest BCUT2D eigenvalue weighted by Gasteiger charge is -2.09. The molecule has 82 valence electrons. The van der Waals surface area contributed by atoms with Gasteiger partial charge < -0.3 is 5.73 Å². The monoisotopic (exact) mass is 214 g/mol. The Morgan fingerprint density at radius 1 is 1.38 bits per heavy atom. The summed E-state index contributed by atoms with van der Waals surface area (Å²) >= 11 is 0. The van der Waals surface area contributed by atoms with Crippen LogP contribution in [0.15, 0.2) is 36.5 Å². The van der Waals surface area contributed by atoms with Gasteiger partial charge in [0.1, 0.15) is 0 Å². The number of nitrogens with two attached hydrogens (primary N) is 1. The minimum Gasteiger partial charge on any atom is -0.330 e. The van der Waals surface area contributed by atoms with Gasteiger partial charge in [-0.05, 0) is 12.1 Å². The summed E-state index contributed by atoms with van der Waals surface area (Å²) in [5.74, 6) is -0.0978. The summed E-state index contributed by atoms with van der Waals surface area (Å²) in [5.41, 5.74) is 6.94. The minimum atomic E-state index is -0.160. The van der Waals surface area contributed by atoms with Crippen LogP contribution >= 0.6 is 0 Å². The Labute approximate surface area is 94.3 Å². The summed E-state index contributed by atoms with van der Waals surface area (Å²) < 4.78 is 0. The van der Waals surface area contributed by atoms with E-state index < -0.39 is 0 Å². The largest absolute Gasteiger partial charge is 0.330 e. The van der Waals surface area contributed by atoms with Crippen LogP contribution in [-0.2, 0) is 0 Å². The molecule has 0 saturated carbocycles. The van der Waals surface area contributed by atoms with Crippen LogP contribution in [0.25, 0.3) is 10.9 Å². The van der Waals surface area contributed by atoms with E-state index in [1.807, 2.05) is 37.3 Å². The van der Waals surface area contributed by atoms with Gasteiger partial charge in [-0.15, -0.1) is 0 Å². The molecular formula is C13H14N2O. The topological polar surface area (TPSA) is 56.0 Å². The van der Waals surface area contributed by atoms with Crippen LogP contribution in [0.2, 0.25) is 0 Å². The number of nitrogens with zero attached hydrogens (tertiary/aromatic N) is 1. The van der Waals surface area contributed by atoms with Crippen LogP contribution in [0.1, 0.15) is 17.3 Å². The molecule has 0 spiro atoms. The van der Waals surface area contributed by atoms with Gasteiger partial charge in [-0.2, -0.15) is 0 Å². The van der Waals surface area contributed by atoms with Crippen LogP contribution in [0, 0.1) is 5.92 Å². The highest BCUT2D eigenvalue weighted by molar-refractivity contribution is 6.07. The van der Waals surface area contributed by atoms with E-state index in [4.69, 9.17) is 5.73 Å². The van der Waals surface area contributed by atoms with Gasteiger partial charge in [-0.25, -0.2) is 0 Å². The Balaban J connectivity index is 2.56. The van der Waals surface area contributed by atoms with E-state index >= 15 is 0 Å². The number of Topliss-reactive ketones (excluding diaryl/α,β-unsaturated/α-hetero) is 1. The lowest BCUT2D eigenvalue weighted by atomic mass is 9.97. The van der Waals surface area contributed by atoms with E-state index in [9.17, 15) is 4.79 Å². The SMILES string of the molecule is CC(CN)C(=O)c1cccc2cccnc12. The molecule has 0 bridgehead atoms. The molecule has 1 unspecified atom stereocenters. The van der Waals surface area contributed by atoms with Crippen molar-refractivity contribution >= 4 is 16.7 Å². The summed E-state index contributed by atoms with van der Waals surface area (Å²) in [5, 5.41) is 0.984. The van der Waals surface area contributed by atoms with Gasteiger partial charge in [-0.1, -0.05) is 25.1 Å². The molecule has 3 heteroatoms. The molecule has 0 radical (unpaired) electrons. The summed E-state index contributed by atoms with van der Waals surface area (Å²) in [6, 6.07) is 9.45. The number of ketones is 1. The van der Waals surface area contributed by atoms with E-state index in [0.29, 0.717) is 12.1 Å². The summed E-state index contributed by atoms with van der Waals surface area (Å²) in [7, 11) is 0. The fourth-order valence-electron chi connectivity index (χ4n) is 1.68.